The minimum atomic E-state index is -3.67. The summed E-state index contributed by atoms with van der Waals surface area (Å²) < 4.78 is 25.1. The zero-order chi connectivity index (χ0) is 10.5. The predicted octanol–water partition coefficient (Wildman–Crippen LogP) is 1.21. The Hall–Kier alpha value is -0.970. The molecule has 0 spiro atoms. The van der Waals surface area contributed by atoms with Gasteiger partial charge >= 0.3 is 11.9 Å². The van der Waals surface area contributed by atoms with E-state index in [0.717, 1.165) is 0 Å². The highest BCUT2D eigenvalue weighted by Crippen LogP contribution is 2.14. The smallest absolute Gasteiger partial charge is 0.375 e. The molecule has 76 valence electrons. The van der Waals surface area contributed by atoms with Crippen LogP contribution in [0.1, 0.15) is 6.42 Å². The van der Waals surface area contributed by atoms with Gasteiger partial charge in [0.25, 0.3) is 0 Å². The lowest BCUT2D eigenvalue weighted by Crippen LogP contribution is -2.40. The van der Waals surface area contributed by atoms with Crippen LogP contribution in [-0.2, 0) is 4.79 Å². The van der Waals surface area contributed by atoms with Gasteiger partial charge in [-0.15, -0.1) is 6.58 Å². The molecule has 0 heterocycles. The molecule has 0 rings (SSSR count). The molecule has 0 bridgehead atoms. The molecular formula is C8H13F2NO2. The molecule has 0 aromatic carbocycles. The number of rotatable bonds is 6. The Labute approximate surface area is 75.7 Å². The van der Waals surface area contributed by atoms with Gasteiger partial charge in [-0.25, -0.2) is 4.79 Å². The monoisotopic (exact) mass is 193 g/mol. The molecule has 0 aromatic rings. The second-order valence-electron chi connectivity index (χ2n) is 2.82. The third-order valence-corrected chi connectivity index (χ3v) is 1.50. The van der Waals surface area contributed by atoms with Crippen molar-refractivity contribution < 1.29 is 18.7 Å². The van der Waals surface area contributed by atoms with E-state index in [-0.39, 0.29) is 0 Å². The summed E-state index contributed by atoms with van der Waals surface area (Å²) in [7, 11) is 1.44. The fourth-order valence-electron chi connectivity index (χ4n) is 0.797. The van der Waals surface area contributed by atoms with Crippen molar-refractivity contribution in [3.05, 3.63) is 12.7 Å². The molecule has 0 aliphatic carbocycles. The van der Waals surface area contributed by atoms with E-state index in [2.05, 4.69) is 6.58 Å². The SMILES string of the molecule is C=CCCN(C)CC(F)(F)C(=O)O. The van der Waals surface area contributed by atoms with Crippen LogP contribution in [0.25, 0.3) is 0 Å². The van der Waals surface area contributed by atoms with Gasteiger partial charge in [-0.1, -0.05) is 6.08 Å². The second kappa shape index (κ2) is 4.91. The molecule has 13 heavy (non-hydrogen) atoms. The molecule has 1 N–H and O–H groups in total. The van der Waals surface area contributed by atoms with Crippen molar-refractivity contribution in [3.63, 3.8) is 0 Å². The summed E-state index contributed by atoms with van der Waals surface area (Å²) in [6, 6.07) is 0. The van der Waals surface area contributed by atoms with Gasteiger partial charge in [0.15, 0.2) is 0 Å². The fraction of sp³-hybridized carbons (Fsp3) is 0.625. The molecule has 0 saturated heterocycles. The lowest BCUT2D eigenvalue weighted by Gasteiger charge is -2.19. The van der Waals surface area contributed by atoms with Crippen molar-refractivity contribution in [2.24, 2.45) is 0 Å². The Kier molecular flexibility index (Phi) is 4.55. The van der Waals surface area contributed by atoms with E-state index >= 15 is 0 Å². The van der Waals surface area contributed by atoms with Crippen LogP contribution >= 0.6 is 0 Å². The Morgan fingerprint density at radius 1 is 1.69 bits per heavy atom. The third kappa shape index (κ3) is 4.57. The van der Waals surface area contributed by atoms with Gasteiger partial charge in [0, 0.05) is 6.54 Å². The maximum absolute atomic E-state index is 12.6. The number of nitrogens with zero attached hydrogens (tertiary/aromatic N) is 1. The molecule has 0 radical (unpaired) electrons. The van der Waals surface area contributed by atoms with Crippen LogP contribution in [0.4, 0.5) is 8.78 Å². The highest BCUT2D eigenvalue weighted by atomic mass is 19.3. The minimum absolute atomic E-state index is 0.381. The number of carbonyl (C=O) groups is 1. The first-order valence-corrected chi connectivity index (χ1v) is 3.81. The van der Waals surface area contributed by atoms with Crippen LogP contribution < -0.4 is 0 Å². The fourth-order valence-corrected chi connectivity index (χ4v) is 0.797. The van der Waals surface area contributed by atoms with E-state index in [4.69, 9.17) is 5.11 Å². The number of carboxylic acids is 1. The highest BCUT2D eigenvalue weighted by molar-refractivity contribution is 5.75. The maximum atomic E-state index is 12.6. The third-order valence-electron chi connectivity index (χ3n) is 1.50. The van der Waals surface area contributed by atoms with Crippen molar-refractivity contribution in [1.29, 1.82) is 0 Å². The normalized spacial score (nSPS) is 11.7. The standard InChI is InChI=1S/C8H13F2NO2/c1-3-4-5-11(2)6-8(9,10)7(12)13/h3H,1,4-6H2,2H3,(H,12,13). The van der Waals surface area contributed by atoms with Crippen LogP contribution in [0.3, 0.4) is 0 Å². The average molecular weight is 193 g/mol. The van der Waals surface area contributed by atoms with Crippen molar-refractivity contribution in [3.8, 4) is 0 Å². The molecule has 0 aromatic heterocycles. The number of carboxylic acid groups (broad SMARTS) is 1. The quantitative estimate of drug-likeness (QED) is 0.644. The maximum Gasteiger partial charge on any atom is 0.375 e. The van der Waals surface area contributed by atoms with Crippen LogP contribution in [-0.4, -0.2) is 42.0 Å². The van der Waals surface area contributed by atoms with Crippen molar-refractivity contribution in [1.82, 2.24) is 4.90 Å². The Morgan fingerprint density at radius 3 is 2.62 bits per heavy atom. The van der Waals surface area contributed by atoms with Gasteiger partial charge in [-0.05, 0) is 13.5 Å². The Balaban J connectivity index is 3.95. The van der Waals surface area contributed by atoms with E-state index in [0.29, 0.717) is 13.0 Å². The number of hydrogen-bond donors (Lipinski definition) is 1. The summed E-state index contributed by atoms with van der Waals surface area (Å²) in [6.45, 7) is 3.05. The molecule has 3 nitrogen and oxygen atoms in total. The molecule has 0 amide bonds. The molecule has 5 heteroatoms. The van der Waals surface area contributed by atoms with Gasteiger partial charge < -0.3 is 5.11 Å². The van der Waals surface area contributed by atoms with Gasteiger partial charge in [-0.3, -0.25) is 4.90 Å². The summed E-state index contributed by atoms with van der Waals surface area (Å²) in [4.78, 5) is 11.3. The molecule has 0 aliphatic heterocycles. The van der Waals surface area contributed by atoms with E-state index in [9.17, 15) is 13.6 Å². The molecule has 0 atom stereocenters. The van der Waals surface area contributed by atoms with E-state index in [1.165, 1.54) is 11.9 Å². The van der Waals surface area contributed by atoms with Gasteiger partial charge in [0.2, 0.25) is 0 Å². The minimum Gasteiger partial charge on any atom is -0.477 e. The van der Waals surface area contributed by atoms with Crippen LogP contribution in [0.5, 0.6) is 0 Å². The van der Waals surface area contributed by atoms with Crippen molar-refractivity contribution >= 4 is 5.97 Å². The van der Waals surface area contributed by atoms with Crippen LogP contribution in [0.2, 0.25) is 0 Å². The lowest BCUT2D eigenvalue weighted by atomic mass is 10.3. The zero-order valence-electron chi connectivity index (χ0n) is 7.46. The number of hydrogen-bond acceptors (Lipinski definition) is 2. The Morgan fingerprint density at radius 2 is 2.23 bits per heavy atom. The Bertz CT molecular complexity index is 195. The van der Waals surface area contributed by atoms with E-state index in [1.54, 1.807) is 6.08 Å². The number of halogens is 2. The van der Waals surface area contributed by atoms with E-state index in [1.807, 2.05) is 0 Å². The predicted molar refractivity (Wildman–Crippen MR) is 44.9 cm³/mol. The lowest BCUT2D eigenvalue weighted by molar-refractivity contribution is -0.166. The first kappa shape index (κ1) is 12.0. The van der Waals surface area contributed by atoms with Gasteiger partial charge in [-0.2, -0.15) is 8.78 Å². The molecule has 0 unspecified atom stereocenters. The average Bonchev–Trinajstić information content (AvgIpc) is 1.99. The molecule has 0 saturated carbocycles. The molecular weight excluding hydrogens is 180 g/mol. The largest absolute Gasteiger partial charge is 0.477 e. The second-order valence-corrected chi connectivity index (χ2v) is 2.82. The zero-order valence-corrected chi connectivity index (χ0v) is 7.46. The summed E-state index contributed by atoms with van der Waals surface area (Å²) >= 11 is 0. The van der Waals surface area contributed by atoms with Gasteiger partial charge in [0.1, 0.15) is 0 Å². The summed E-state index contributed by atoms with van der Waals surface area (Å²) in [5.74, 6) is -5.76. The van der Waals surface area contributed by atoms with Crippen molar-refractivity contribution in [2.75, 3.05) is 20.1 Å². The van der Waals surface area contributed by atoms with Gasteiger partial charge in [0.05, 0.1) is 6.54 Å². The highest BCUT2D eigenvalue weighted by Gasteiger charge is 2.39. The number of alkyl halides is 2. The first-order chi connectivity index (χ1) is 5.90. The van der Waals surface area contributed by atoms with Crippen LogP contribution in [0.15, 0.2) is 12.7 Å². The summed E-state index contributed by atoms with van der Waals surface area (Å²) in [6.07, 6.45) is 2.15. The summed E-state index contributed by atoms with van der Waals surface area (Å²) in [5.41, 5.74) is 0. The molecule has 0 fully saturated rings. The van der Waals surface area contributed by atoms with E-state index < -0.39 is 18.4 Å². The first-order valence-electron chi connectivity index (χ1n) is 3.81. The van der Waals surface area contributed by atoms with Crippen LogP contribution in [0, 0.1) is 0 Å². The number of aliphatic carboxylic acids is 1. The topological polar surface area (TPSA) is 40.5 Å². The van der Waals surface area contributed by atoms with Crippen molar-refractivity contribution in [2.45, 2.75) is 12.3 Å². The summed E-state index contributed by atoms with van der Waals surface area (Å²) in [5, 5.41) is 8.12. The molecule has 0 aliphatic rings.